The highest BCUT2D eigenvalue weighted by Crippen LogP contribution is 2.36. The van der Waals surface area contributed by atoms with Crippen molar-refractivity contribution in [1.29, 1.82) is 0 Å². The van der Waals surface area contributed by atoms with Crippen LogP contribution >= 0.6 is 11.3 Å². The van der Waals surface area contributed by atoms with Crippen molar-refractivity contribution < 1.29 is 18.1 Å². The van der Waals surface area contributed by atoms with E-state index < -0.39 is 14.9 Å². The molecule has 1 aromatic rings. The second-order valence-electron chi connectivity index (χ2n) is 4.55. The number of hydrogen-bond acceptors (Lipinski definition) is 7. The summed E-state index contributed by atoms with van der Waals surface area (Å²) in [5.74, 6) is 0. The summed E-state index contributed by atoms with van der Waals surface area (Å²) < 4.78 is 32.1. The van der Waals surface area contributed by atoms with Crippen LogP contribution in [0, 0.1) is 10.1 Å². The molecule has 2 N–H and O–H groups in total. The molecule has 0 aliphatic carbocycles. The Labute approximate surface area is 126 Å². The molecule has 2 rings (SSSR count). The molecule has 0 saturated carbocycles. The average Bonchev–Trinajstić information content (AvgIpc) is 3.06. The molecule has 0 aromatic carbocycles. The van der Waals surface area contributed by atoms with Crippen molar-refractivity contribution in [1.82, 2.24) is 4.72 Å². The Balaban J connectivity index is 2.14. The van der Waals surface area contributed by atoms with Gasteiger partial charge in [0.25, 0.3) is 0 Å². The fourth-order valence-electron chi connectivity index (χ4n) is 1.99. The Kier molecular flexibility index (Phi) is 5.14. The molecule has 0 radical (unpaired) electrons. The van der Waals surface area contributed by atoms with Gasteiger partial charge in [-0.3, -0.25) is 10.1 Å². The van der Waals surface area contributed by atoms with Gasteiger partial charge >= 0.3 is 5.69 Å². The molecule has 1 unspecified atom stereocenters. The second-order valence-corrected chi connectivity index (χ2v) is 7.60. The Hall–Kier alpha value is -1.23. The van der Waals surface area contributed by atoms with E-state index in [1.807, 2.05) is 0 Å². The Morgan fingerprint density at radius 3 is 2.90 bits per heavy atom. The lowest BCUT2D eigenvalue weighted by Gasteiger charge is -2.09. The summed E-state index contributed by atoms with van der Waals surface area (Å²) >= 11 is 0.858. The minimum Gasteiger partial charge on any atom is -0.377 e. The maximum Gasteiger partial charge on any atom is 0.304 e. The van der Waals surface area contributed by atoms with Gasteiger partial charge in [-0.2, -0.15) is 0 Å². The van der Waals surface area contributed by atoms with E-state index in [9.17, 15) is 18.5 Å². The molecule has 8 nitrogen and oxygen atoms in total. The van der Waals surface area contributed by atoms with Gasteiger partial charge in [0.2, 0.25) is 10.0 Å². The lowest BCUT2D eigenvalue weighted by molar-refractivity contribution is -0.383. The van der Waals surface area contributed by atoms with Crippen molar-refractivity contribution in [2.75, 3.05) is 25.0 Å². The van der Waals surface area contributed by atoms with E-state index in [-0.39, 0.29) is 27.5 Å². The number of thiophene rings is 1. The zero-order valence-corrected chi connectivity index (χ0v) is 13.1. The molecule has 1 atom stereocenters. The van der Waals surface area contributed by atoms with Crippen molar-refractivity contribution in [2.24, 2.45) is 0 Å². The first-order valence-corrected chi connectivity index (χ1v) is 8.87. The molecule has 1 fully saturated rings. The number of hydrogen-bond donors (Lipinski definition) is 2. The largest absolute Gasteiger partial charge is 0.377 e. The number of anilines is 1. The summed E-state index contributed by atoms with van der Waals surface area (Å²) in [6.45, 7) is 3.09. The predicted octanol–water partition coefficient (Wildman–Crippen LogP) is 1.55. The summed E-state index contributed by atoms with van der Waals surface area (Å²) in [5, 5.41) is 14.0. The molecule has 21 heavy (non-hydrogen) atoms. The van der Waals surface area contributed by atoms with Crippen LogP contribution in [0.15, 0.2) is 10.3 Å². The van der Waals surface area contributed by atoms with E-state index in [0.29, 0.717) is 13.2 Å². The van der Waals surface area contributed by atoms with Gasteiger partial charge in [0, 0.05) is 25.8 Å². The lowest BCUT2D eigenvalue weighted by atomic mass is 10.2. The van der Waals surface area contributed by atoms with E-state index in [2.05, 4.69) is 10.0 Å². The van der Waals surface area contributed by atoms with Crippen LogP contribution in [0.3, 0.4) is 0 Å². The Morgan fingerprint density at radius 1 is 1.57 bits per heavy atom. The minimum absolute atomic E-state index is 0.0665. The van der Waals surface area contributed by atoms with Gasteiger partial charge in [-0.25, -0.2) is 13.1 Å². The second kappa shape index (κ2) is 6.69. The molecule has 1 aliphatic heterocycles. The third kappa shape index (κ3) is 3.90. The van der Waals surface area contributed by atoms with Gasteiger partial charge in [-0.05, 0) is 19.8 Å². The molecule has 1 saturated heterocycles. The highest BCUT2D eigenvalue weighted by Gasteiger charge is 2.27. The topological polar surface area (TPSA) is 111 Å². The van der Waals surface area contributed by atoms with Crippen LogP contribution < -0.4 is 10.0 Å². The number of rotatable bonds is 7. The number of nitrogens with zero attached hydrogens (tertiary/aromatic N) is 1. The van der Waals surface area contributed by atoms with Crippen molar-refractivity contribution in [3.63, 3.8) is 0 Å². The molecular weight excluding hydrogens is 318 g/mol. The number of nitro groups is 1. The van der Waals surface area contributed by atoms with E-state index in [1.165, 1.54) is 0 Å². The van der Waals surface area contributed by atoms with Crippen molar-refractivity contribution >= 4 is 32.0 Å². The fourth-order valence-corrected chi connectivity index (χ4v) is 4.50. The molecular formula is C11H17N3O5S2. The van der Waals surface area contributed by atoms with Crippen LogP contribution in [0.25, 0.3) is 0 Å². The van der Waals surface area contributed by atoms with Crippen LogP contribution in [0.2, 0.25) is 0 Å². The van der Waals surface area contributed by atoms with Gasteiger partial charge in [-0.15, -0.1) is 0 Å². The molecule has 1 aliphatic rings. The molecule has 118 valence electrons. The van der Waals surface area contributed by atoms with E-state index in [0.717, 1.165) is 30.2 Å². The van der Waals surface area contributed by atoms with Crippen LogP contribution in [0.1, 0.15) is 19.8 Å². The fraction of sp³-hybridized carbons (Fsp3) is 0.636. The SMILES string of the molecule is CCNc1sc(S(=O)(=O)NCC2CCCO2)cc1[N+](=O)[O-]. The van der Waals surface area contributed by atoms with Crippen molar-refractivity contribution in [2.45, 2.75) is 30.1 Å². The quantitative estimate of drug-likeness (QED) is 0.578. The van der Waals surface area contributed by atoms with Gasteiger partial charge in [-0.1, -0.05) is 11.3 Å². The lowest BCUT2D eigenvalue weighted by Crippen LogP contribution is -2.31. The van der Waals surface area contributed by atoms with Gasteiger partial charge in [0.15, 0.2) is 5.00 Å². The predicted molar refractivity (Wildman–Crippen MR) is 79.3 cm³/mol. The highest BCUT2D eigenvalue weighted by atomic mass is 32.2. The third-order valence-electron chi connectivity index (χ3n) is 3.01. The highest BCUT2D eigenvalue weighted by molar-refractivity contribution is 7.91. The molecule has 10 heteroatoms. The van der Waals surface area contributed by atoms with E-state index in [1.54, 1.807) is 6.92 Å². The first kappa shape index (κ1) is 16.1. The zero-order chi connectivity index (χ0) is 15.5. The van der Waals surface area contributed by atoms with Crippen molar-refractivity contribution in [3.05, 3.63) is 16.2 Å². The van der Waals surface area contributed by atoms with E-state index >= 15 is 0 Å². The molecule has 1 aromatic heterocycles. The zero-order valence-electron chi connectivity index (χ0n) is 11.5. The summed E-state index contributed by atoms with van der Waals surface area (Å²) in [4.78, 5) is 10.4. The molecule has 2 heterocycles. The van der Waals surface area contributed by atoms with Crippen LogP contribution in [-0.4, -0.2) is 39.1 Å². The maximum atomic E-state index is 12.2. The van der Waals surface area contributed by atoms with Gasteiger partial charge in [0.05, 0.1) is 11.0 Å². The summed E-state index contributed by atoms with van der Waals surface area (Å²) in [5.41, 5.74) is -0.223. The normalized spacial score (nSPS) is 18.8. The molecule has 0 amide bonds. The van der Waals surface area contributed by atoms with Crippen LogP contribution in [0.4, 0.5) is 10.7 Å². The number of ether oxygens (including phenoxy) is 1. The van der Waals surface area contributed by atoms with Crippen LogP contribution in [-0.2, 0) is 14.8 Å². The van der Waals surface area contributed by atoms with Crippen molar-refractivity contribution in [3.8, 4) is 0 Å². The third-order valence-corrected chi connectivity index (χ3v) is 5.99. The van der Waals surface area contributed by atoms with Gasteiger partial charge in [0.1, 0.15) is 4.21 Å². The summed E-state index contributed by atoms with van der Waals surface area (Å²) in [6.07, 6.45) is 1.61. The Bertz CT molecular complexity index is 607. The smallest absolute Gasteiger partial charge is 0.304 e. The standard InChI is InChI=1S/C11H17N3O5S2/c1-2-12-11-9(14(15)16)6-10(20-11)21(17,18)13-7-8-4-3-5-19-8/h6,8,12-13H,2-5,7H2,1H3. The monoisotopic (exact) mass is 335 g/mol. The first-order chi connectivity index (χ1) is 9.94. The summed E-state index contributed by atoms with van der Waals surface area (Å²) in [6, 6.07) is 1.08. The minimum atomic E-state index is -3.76. The Morgan fingerprint density at radius 2 is 2.33 bits per heavy atom. The summed E-state index contributed by atoms with van der Waals surface area (Å²) in [7, 11) is -3.76. The van der Waals surface area contributed by atoms with Crippen LogP contribution in [0.5, 0.6) is 0 Å². The van der Waals surface area contributed by atoms with Gasteiger partial charge < -0.3 is 10.1 Å². The molecule has 0 spiro atoms. The number of sulfonamides is 1. The number of nitrogens with one attached hydrogen (secondary N) is 2. The molecule has 0 bridgehead atoms. The maximum absolute atomic E-state index is 12.2. The van der Waals surface area contributed by atoms with E-state index in [4.69, 9.17) is 4.74 Å². The average molecular weight is 335 g/mol. The first-order valence-electron chi connectivity index (χ1n) is 6.57.